The first kappa shape index (κ1) is 19.4. The minimum absolute atomic E-state index is 0.0469. The average Bonchev–Trinajstić information content (AvgIpc) is 3.20. The molecule has 1 atom stereocenters. The third kappa shape index (κ3) is 4.22. The van der Waals surface area contributed by atoms with E-state index in [1.165, 1.54) is 0 Å². The van der Waals surface area contributed by atoms with E-state index in [0.717, 1.165) is 65.0 Å². The van der Waals surface area contributed by atoms with Gasteiger partial charge in [-0.05, 0) is 39.2 Å². The van der Waals surface area contributed by atoms with Gasteiger partial charge in [-0.1, -0.05) is 5.16 Å². The van der Waals surface area contributed by atoms with Crippen LogP contribution in [-0.4, -0.2) is 90.2 Å². The van der Waals surface area contributed by atoms with E-state index in [-0.39, 0.29) is 11.8 Å². The van der Waals surface area contributed by atoms with Crippen molar-refractivity contribution in [2.24, 2.45) is 5.92 Å². The van der Waals surface area contributed by atoms with Gasteiger partial charge < -0.3 is 19.1 Å². The van der Waals surface area contributed by atoms with Gasteiger partial charge >= 0.3 is 0 Å². The fraction of sp³-hybridized carbons (Fsp3) is 0.750. The molecule has 28 heavy (non-hydrogen) atoms. The van der Waals surface area contributed by atoms with E-state index >= 15 is 0 Å². The molecule has 1 aromatic heterocycles. The molecule has 1 unspecified atom stereocenters. The van der Waals surface area contributed by atoms with E-state index in [1.54, 1.807) is 13.0 Å². The zero-order chi connectivity index (χ0) is 19.5. The second kappa shape index (κ2) is 8.61. The third-order valence-electron chi connectivity index (χ3n) is 6.24. The lowest BCUT2D eigenvalue weighted by atomic mass is 9.92. The summed E-state index contributed by atoms with van der Waals surface area (Å²) in [5.41, 5.74) is 0.394. The van der Waals surface area contributed by atoms with E-state index in [9.17, 15) is 9.59 Å². The first-order valence-electron chi connectivity index (χ1n) is 10.4. The van der Waals surface area contributed by atoms with Crippen LogP contribution in [0.1, 0.15) is 41.9 Å². The van der Waals surface area contributed by atoms with Crippen LogP contribution in [0.4, 0.5) is 0 Å². The Morgan fingerprint density at radius 1 is 1.04 bits per heavy atom. The minimum atomic E-state index is -0.0469. The SMILES string of the molecule is Cc1cc(C(=O)N2CCC(N3CCCC(C(=O)N4CCOCC4)C3)CC2)no1. The molecule has 0 aromatic carbocycles. The lowest BCUT2D eigenvalue weighted by Crippen LogP contribution is -2.53. The number of ether oxygens (including phenoxy) is 1. The van der Waals surface area contributed by atoms with E-state index in [2.05, 4.69) is 10.1 Å². The maximum Gasteiger partial charge on any atom is 0.276 e. The van der Waals surface area contributed by atoms with Gasteiger partial charge in [0.15, 0.2) is 5.69 Å². The quantitative estimate of drug-likeness (QED) is 0.771. The first-order valence-corrected chi connectivity index (χ1v) is 10.4. The molecule has 0 saturated carbocycles. The largest absolute Gasteiger partial charge is 0.378 e. The Balaban J connectivity index is 1.29. The molecule has 2 amide bonds. The molecule has 8 heteroatoms. The van der Waals surface area contributed by atoms with Crippen molar-refractivity contribution in [3.63, 3.8) is 0 Å². The second-order valence-corrected chi connectivity index (χ2v) is 8.12. The van der Waals surface area contributed by atoms with Gasteiger partial charge in [-0.3, -0.25) is 14.5 Å². The highest BCUT2D eigenvalue weighted by molar-refractivity contribution is 5.92. The van der Waals surface area contributed by atoms with Crippen LogP contribution in [0.5, 0.6) is 0 Å². The van der Waals surface area contributed by atoms with Crippen molar-refractivity contribution in [2.75, 3.05) is 52.5 Å². The Labute approximate surface area is 165 Å². The molecule has 0 N–H and O–H groups in total. The fourth-order valence-corrected chi connectivity index (χ4v) is 4.64. The van der Waals surface area contributed by atoms with Crippen molar-refractivity contribution in [3.05, 3.63) is 17.5 Å². The van der Waals surface area contributed by atoms with Gasteiger partial charge in [-0.25, -0.2) is 0 Å². The molecule has 3 saturated heterocycles. The Morgan fingerprint density at radius 3 is 2.46 bits per heavy atom. The highest BCUT2D eigenvalue weighted by Crippen LogP contribution is 2.26. The topological polar surface area (TPSA) is 79.1 Å². The summed E-state index contributed by atoms with van der Waals surface area (Å²) < 4.78 is 10.4. The van der Waals surface area contributed by atoms with E-state index < -0.39 is 0 Å². The number of amides is 2. The second-order valence-electron chi connectivity index (χ2n) is 8.12. The number of hydrogen-bond donors (Lipinski definition) is 0. The number of aryl methyl sites for hydroxylation is 1. The third-order valence-corrected chi connectivity index (χ3v) is 6.24. The van der Waals surface area contributed by atoms with E-state index in [0.29, 0.717) is 36.6 Å². The number of rotatable bonds is 3. The normalized spacial score (nSPS) is 25.1. The fourth-order valence-electron chi connectivity index (χ4n) is 4.64. The molecule has 154 valence electrons. The molecular formula is C20H30N4O4. The predicted octanol–water partition coefficient (Wildman–Crippen LogP) is 1.16. The van der Waals surface area contributed by atoms with Gasteiger partial charge in [-0.15, -0.1) is 0 Å². The summed E-state index contributed by atoms with van der Waals surface area (Å²) in [6.07, 6.45) is 3.94. The Bertz CT molecular complexity index is 692. The number of nitrogens with zero attached hydrogens (tertiary/aromatic N) is 4. The zero-order valence-corrected chi connectivity index (χ0v) is 16.6. The molecule has 1 aromatic rings. The molecule has 3 fully saturated rings. The van der Waals surface area contributed by atoms with Crippen molar-refractivity contribution in [2.45, 2.75) is 38.6 Å². The van der Waals surface area contributed by atoms with Gasteiger partial charge in [0, 0.05) is 44.8 Å². The number of hydrogen-bond acceptors (Lipinski definition) is 6. The monoisotopic (exact) mass is 390 g/mol. The zero-order valence-electron chi connectivity index (χ0n) is 16.6. The van der Waals surface area contributed by atoms with Crippen LogP contribution >= 0.6 is 0 Å². The molecule has 0 bridgehead atoms. The van der Waals surface area contributed by atoms with E-state index in [1.807, 2.05) is 9.80 Å². The molecule has 4 rings (SSSR count). The molecule has 8 nitrogen and oxygen atoms in total. The molecule has 4 heterocycles. The highest BCUT2D eigenvalue weighted by Gasteiger charge is 2.34. The molecule has 3 aliphatic heterocycles. The number of likely N-dealkylation sites (tertiary alicyclic amines) is 2. The summed E-state index contributed by atoms with van der Waals surface area (Å²) in [5.74, 6) is 1.00. The smallest absolute Gasteiger partial charge is 0.276 e. The average molecular weight is 390 g/mol. The summed E-state index contributed by atoms with van der Waals surface area (Å²) in [6.45, 7) is 7.89. The number of morpholine rings is 1. The molecule has 3 aliphatic rings. The minimum Gasteiger partial charge on any atom is -0.378 e. The highest BCUT2D eigenvalue weighted by atomic mass is 16.5. The van der Waals surface area contributed by atoms with Gasteiger partial charge in [0.2, 0.25) is 5.91 Å². The van der Waals surface area contributed by atoms with Crippen LogP contribution in [0.15, 0.2) is 10.6 Å². The van der Waals surface area contributed by atoms with Gasteiger partial charge in [0.1, 0.15) is 5.76 Å². The van der Waals surface area contributed by atoms with Crippen molar-refractivity contribution in [1.82, 2.24) is 19.9 Å². The van der Waals surface area contributed by atoms with Crippen LogP contribution < -0.4 is 0 Å². The van der Waals surface area contributed by atoms with Crippen molar-refractivity contribution >= 4 is 11.8 Å². The van der Waals surface area contributed by atoms with Gasteiger partial charge in [-0.2, -0.15) is 0 Å². The maximum absolute atomic E-state index is 12.9. The van der Waals surface area contributed by atoms with Gasteiger partial charge in [0.25, 0.3) is 5.91 Å². The van der Waals surface area contributed by atoms with E-state index in [4.69, 9.17) is 9.26 Å². The Hall–Kier alpha value is -1.93. The first-order chi connectivity index (χ1) is 13.6. The maximum atomic E-state index is 12.9. The van der Waals surface area contributed by atoms with Gasteiger partial charge in [0.05, 0.1) is 19.1 Å². The standard InChI is InChI=1S/C20H30N4O4/c1-15-13-18(21-28-15)20(26)22-7-4-17(5-8-22)24-6-2-3-16(14-24)19(25)23-9-11-27-12-10-23/h13,16-17H,2-12,14H2,1H3. The number of carbonyl (C=O) groups excluding carboxylic acids is 2. The molecule has 0 radical (unpaired) electrons. The van der Waals surface area contributed by atoms with Crippen LogP contribution in [0, 0.1) is 12.8 Å². The van der Waals surface area contributed by atoms with Crippen molar-refractivity contribution < 1.29 is 18.8 Å². The van der Waals surface area contributed by atoms with Crippen LogP contribution in [-0.2, 0) is 9.53 Å². The molecule has 0 spiro atoms. The Morgan fingerprint density at radius 2 is 1.79 bits per heavy atom. The summed E-state index contributed by atoms with van der Waals surface area (Å²) in [7, 11) is 0. The number of piperidine rings is 2. The van der Waals surface area contributed by atoms with Crippen molar-refractivity contribution in [1.29, 1.82) is 0 Å². The molecule has 0 aliphatic carbocycles. The lowest BCUT2D eigenvalue weighted by Gasteiger charge is -2.42. The number of carbonyl (C=O) groups is 2. The van der Waals surface area contributed by atoms with Crippen LogP contribution in [0.2, 0.25) is 0 Å². The Kier molecular flexibility index (Phi) is 5.96. The van der Waals surface area contributed by atoms with Crippen molar-refractivity contribution in [3.8, 4) is 0 Å². The van der Waals surface area contributed by atoms with Crippen LogP contribution in [0.25, 0.3) is 0 Å². The number of aromatic nitrogens is 1. The summed E-state index contributed by atoms with van der Waals surface area (Å²) in [5, 5.41) is 3.85. The summed E-state index contributed by atoms with van der Waals surface area (Å²) >= 11 is 0. The summed E-state index contributed by atoms with van der Waals surface area (Å²) in [4.78, 5) is 31.7. The summed E-state index contributed by atoms with van der Waals surface area (Å²) in [6, 6.07) is 2.14. The predicted molar refractivity (Wildman–Crippen MR) is 102 cm³/mol. The lowest BCUT2D eigenvalue weighted by molar-refractivity contribution is -0.141. The van der Waals surface area contributed by atoms with Crippen LogP contribution in [0.3, 0.4) is 0 Å². The molecular weight excluding hydrogens is 360 g/mol.